The molecule has 1 aromatic carbocycles. The van der Waals surface area contributed by atoms with Gasteiger partial charge in [0.2, 0.25) is 5.91 Å². The van der Waals surface area contributed by atoms with Crippen LogP contribution >= 0.6 is 0 Å². The zero-order valence-electron chi connectivity index (χ0n) is 10.7. The summed E-state index contributed by atoms with van der Waals surface area (Å²) in [5.74, 6) is -0.0659. The summed E-state index contributed by atoms with van der Waals surface area (Å²) >= 11 is 0. The zero-order valence-corrected chi connectivity index (χ0v) is 10.7. The van der Waals surface area contributed by atoms with Crippen molar-refractivity contribution in [2.75, 3.05) is 26.0 Å². The Morgan fingerprint density at radius 1 is 1.53 bits per heavy atom. The van der Waals surface area contributed by atoms with E-state index < -0.39 is 4.92 Å². The largest absolute Gasteiger partial charge is 0.379 e. The smallest absolute Gasteiger partial charge is 0.293 e. The first kappa shape index (κ1) is 14.4. The van der Waals surface area contributed by atoms with Gasteiger partial charge in [-0.2, -0.15) is 5.26 Å². The molecule has 0 fully saturated rings. The number of benzene rings is 1. The third-order valence-electron chi connectivity index (χ3n) is 2.48. The van der Waals surface area contributed by atoms with Crippen molar-refractivity contribution < 1.29 is 9.72 Å². The van der Waals surface area contributed by atoms with E-state index in [0.29, 0.717) is 12.2 Å². The van der Waals surface area contributed by atoms with Crippen LogP contribution in [-0.2, 0) is 4.79 Å². The van der Waals surface area contributed by atoms with Gasteiger partial charge in [-0.15, -0.1) is 0 Å². The highest BCUT2D eigenvalue weighted by Gasteiger charge is 2.14. The second-order valence-electron chi connectivity index (χ2n) is 4.07. The van der Waals surface area contributed by atoms with E-state index in [-0.39, 0.29) is 23.6 Å². The number of nitrogens with zero attached hydrogens (tertiary/aromatic N) is 3. The molecule has 1 amide bonds. The summed E-state index contributed by atoms with van der Waals surface area (Å²) < 4.78 is 0. The van der Waals surface area contributed by atoms with Gasteiger partial charge in [-0.25, -0.2) is 0 Å². The fourth-order valence-corrected chi connectivity index (χ4v) is 1.43. The molecule has 1 rings (SSSR count). The predicted molar refractivity (Wildman–Crippen MR) is 69.6 cm³/mol. The van der Waals surface area contributed by atoms with Gasteiger partial charge < -0.3 is 10.2 Å². The monoisotopic (exact) mass is 262 g/mol. The van der Waals surface area contributed by atoms with E-state index in [1.165, 1.54) is 23.1 Å². The number of carbonyl (C=O) groups excluding carboxylic acids is 1. The summed E-state index contributed by atoms with van der Waals surface area (Å²) in [6.45, 7) is 0.295. The molecule has 0 saturated carbocycles. The lowest BCUT2D eigenvalue weighted by molar-refractivity contribution is -0.384. The van der Waals surface area contributed by atoms with Crippen molar-refractivity contribution in [2.24, 2.45) is 0 Å². The van der Waals surface area contributed by atoms with Crippen LogP contribution in [0, 0.1) is 21.4 Å². The van der Waals surface area contributed by atoms with Gasteiger partial charge in [-0.1, -0.05) is 0 Å². The minimum atomic E-state index is -0.559. The average molecular weight is 262 g/mol. The molecular formula is C12H14N4O3. The van der Waals surface area contributed by atoms with E-state index in [1.807, 2.05) is 6.07 Å². The van der Waals surface area contributed by atoms with Gasteiger partial charge in [-0.3, -0.25) is 14.9 Å². The molecule has 0 heterocycles. The molecule has 7 nitrogen and oxygen atoms in total. The Labute approximate surface area is 110 Å². The number of nitro groups is 1. The maximum absolute atomic E-state index is 11.4. The molecule has 0 spiro atoms. The standard InChI is InChI=1S/C12H14N4O3/c1-15(2)12(17)5-6-14-10-4-3-9(8-13)7-11(10)16(18)19/h3-4,7,14H,5-6H2,1-2H3. The van der Waals surface area contributed by atoms with Crippen molar-refractivity contribution in [1.82, 2.24) is 4.90 Å². The first-order valence-corrected chi connectivity index (χ1v) is 5.58. The number of nitrogens with one attached hydrogen (secondary N) is 1. The second kappa shape index (κ2) is 6.35. The Bertz CT molecular complexity index is 534. The second-order valence-corrected chi connectivity index (χ2v) is 4.07. The van der Waals surface area contributed by atoms with Gasteiger partial charge in [0, 0.05) is 33.1 Å². The highest BCUT2D eigenvalue weighted by molar-refractivity contribution is 5.76. The lowest BCUT2D eigenvalue weighted by Crippen LogP contribution is -2.24. The maximum atomic E-state index is 11.4. The van der Waals surface area contributed by atoms with Gasteiger partial charge in [0.25, 0.3) is 5.69 Å². The number of hydrogen-bond donors (Lipinski definition) is 1. The van der Waals surface area contributed by atoms with E-state index in [2.05, 4.69) is 5.32 Å². The SMILES string of the molecule is CN(C)C(=O)CCNc1ccc(C#N)cc1[N+](=O)[O-]. The Kier molecular flexibility index (Phi) is 4.83. The molecule has 1 N–H and O–H groups in total. The van der Waals surface area contributed by atoms with Crippen molar-refractivity contribution in [1.29, 1.82) is 5.26 Å². The summed E-state index contributed by atoms with van der Waals surface area (Å²) in [5, 5.41) is 22.4. The van der Waals surface area contributed by atoms with E-state index in [9.17, 15) is 14.9 Å². The number of anilines is 1. The first-order valence-electron chi connectivity index (χ1n) is 5.58. The normalized spacial score (nSPS) is 9.53. The molecular weight excluding hydrogens is 248 g/mol. The van der Waals surface area contributed by atoms with Crippen LogP contribution < -0.4 is 5.32 Å². The molecule has 0 aliphatic carbocycles. The fraction of sp³-hybridized carbons (Fsp3) is 0.333. The molecule has 0 radical (unpaired) electrons. The third-order valence-corrected chi connectivity index (χ3v) is 2.48. The van der Waals surface area contributed by atoms with Crippen LogP contribution in [0.3, 0.4) is 0 Å². The highest BCUT2D eigenvalue weighted by atomic mass is 16.6. The fourth-order valence-electron chi connectivity index (χ4n) is 1.43. The highest BCUT2D eigenvalue weighted by Crippen LogP contribution is 2.25. The van der Waals surface area contributed by atoms with Crippen molar-refractivity contribution in [3.05, 3.63) is 33.9 Å². The molecule has 0 bridgehead atoms. The quantitative estimate of drug-likeness (QED) is 0.638. The number of nitriles is 1. The predicted octanol–water partition coefficient (Wildman–Crippen LogP) is 1.36. The number of amides is 1. The van der Waals surface area contributed by atoms with Crippen molar-refractivity contribution in [2.45, 2.75) is 6.42 Å². The maximum Gasteiger partial charge on any atom is 0.293 e. The van der Waals surface area contributed by atoms with Crippen LogP contribution in [0.1, 0.15) is 12.0 Å². The van der Waals surface area contributed by atoms with Crippen LogP contribution in [-0.4, -0.2) is 36.4 Å². The first-order chi connectivity index (χ1) is 8.95. The van der Waals surface area contributed by atoms with E-state index in [4.69, 9.17) is 5.26 Å². The van der Waals surface area contributed by atoms with Crippen LogP contribution in [0.2, 0.25) is 0 Å². The minimum Gasteiger partial charge on any atom is -0.379 e. The third kappa shape index (κ3) is 3.96. The molecule has 0 unspecified atom stereocenters. The summed E-state index contributed by atoms with van der Waals surface area (Å²) in [7, 11) is 3.29. The van der Waals surface area contributed by atoms with Gasteiger partial charge >= 0.3 is 0 Å². The lowest BCUT2D eigenvalue weighted by Gasteiger charge is -2.11. The van der Waals surface area contributed by atoms with E-state index in [0.717, 1.165) is 0 Å². The molecule has 1 aromatic rings. The molecule has 7 heteroatoms. The minimum absolute atomic E-state index is 0.0659. The number of carbonyl (C=O) groups is 1. The number of nitro benzene ring substituents is 1. The molecule has 0 saturated heterocycles. The molecule has 0 aliphatic heterocycles. The van der Waals surface area contributed by atoms with Crippen molar-refractivity contribution >= 4 is 17.3 Å². The lowest BCUT2D eigenvalue weighted by atomic mass is 10.2. The summed E-state index contributed by atoms with van der Waals surface area (Å²) in [6.07, 6.45) is 0.240. The average Bonchev–Trinajstić information content (AvgIpc) is 2.38. The van der Waals surface area contributed by atoms with Gasteiger partial charge in [-0.05, 0) is 12.1 Å². The molecule has 100 valence electrons. The topological polar surface area (TPSA) is 99.3 Å². The van der Waals surface area contributed by atoms with Gasteiger partial charge in [0.1, 0.15) is 5.69 Å². The Balaban J connectivity index is 2.76. The van der Waals surface area contributed by atoms with Crippen LogP contribution in [0.15, 0.2) is 18.2 Å². The van der Waals surface area contributed by atoms with Crippen LogP contribution in [0.5, 0.6) is 0 Å². The number of rotatable bonds is 5. The summed E-state index contributed by atoms with van der Waals surface area (Å²) in [4.78, 5) is 23.1. The summed E-state index contributed by atoms with van der Waals surface area (Å²) in [6, 6.07) is 6.01. The van der Waals surface area contributed by atoms with Crippen molar-refractivity contribution in [3.8, 4) is 6.07 Å². The van der Waals surface area contributed by atoms with Crippen LogP contribution in [0.4, 0.5) is 11.4 Å². The summed E-state index contributed by atoms with van der Waals surface area (Å²) in [5.41, 5.74) is 0.355. The molecule has 0 aromatic heterocycles. The van der Waals surface area contributed by atoms with E-state index >= 15 is 0 Å². The molecule has 0 atom stereocenters. The molecule has 0 aliphatic rings. The Morgan fingerprint density at radius 3 is 2.74 bits per heavy atom. The van der Waals surface area contributed by atoms with Crippen molar-refractivity contribution in [3.63, 3.8) is 0 Å². The van der Waals surface area contributed by atoms with Gasteiger partial charge in [0.15, 0.2) is 0 Å². The van der Waals surface area contributed by atoms with Gasteiger partial charge in [0.05, 0.1) is 16.6 Å². The molecule has 19 heavy (non-hydrogen) atoms. The Morgan fingerprint density at radius 2 is 2.21 bits per heavy atom. The number of hydrogen-bond acceptors (Lipinski definition) is 5. The van der Waals surface area contributed by atoms with Crippen LogP contribution in [0.25, 0.3) is 0 Å². The zero-order chi connectivity index (χ0) is 14.4. The Hall–Kier alpha value is -2.62. The van der Waals surface area contributed by atoms with E-state index in [1.54, 1.807) is 14.1 Å².